The zero-order valence-corrected chi connectivity index (χ0v) is 33.4. The molecular formula is C40H62N8O7. The first kappa shape index (κ1) is 44.6. The summed E-state index contributed by atoms with van der Waals surface area (Å²) in [7, 11) is 0. The van der Waals surface area contributed by atoms with Crippen molar-refractivity contribution in [2.24, 2.45) is 11.8 Å². The van der Waals surface area contributed by atoms with E-state index in [1.807, 2.05) is 44.2 Å². The van der Waals surface area contributed by atoms with Crippen molar-refractivity contribution in [3.05, 3.63) is 53.5 Å². The molecule has 304 valence electrons. The third kappa shape index (κ3) is 15.5. The Morgan fingerprint density at radius 3 is 2.24 bits per heavy atom. The van der Waals surface area contributed by atoms with Gasteiger partial charge < -0.3 is 42.2 Å². The van der Waals surface area contributed by atoms with Gasteiger partial charge in [-0.05, 0) is 58.4 Å². The fraction of sp³-hybridized carbons (Fsp3) is 0.625. The number of nitrogens with one attached hydrogen (secondary N) is 5. The largest absolute Gasteiger partial charge is 0.444 e. The van der Waals surface area contributed by atoms with Gasteiger partial charge in [0.25, 0.3) is 0 Å². The van der Waals surface area contributed by atoms with Crippen LogP contribution in [-0.4, -0.2) is 80.7 Å². The minimum absolute atomic E-state index is 0.0741. The van der Waals surface area contributed by atoms with E-state index in [9.17, 15) is 29.1 Å². The third-order valence-electron chi connectivity index (χ3n) is 9.82. The van der Waals surface area contributed by atoms with Crippen molar-refractivity contribution in [2.45, 2.75) is 149 Å². The summed E-state index contributed by atoms with van der Waals surface area (Å²) < 4.78 is 5.38. The second-order valence-corrected chi connectivity index (χ2v) is 15.7. The van der Waals surface area contributed by atoms with E-state index in [1.165, 1.54) is 6.92 Å². The van der Waals surface area contributed by atoms with Crippen molar-refractivity contribution in [1.29, 1.82) is 0 Å². The molecule has 1 aliphatic carbocycles. The number of carbonyl (C=O) groups is 5. The molecule has 15 heteroatoms. The summed E-state index contributed by atoms with van der Waals surface area (Å²) in [4.78, 5) is 74.8. The fourth-order valence-electron chi connectivity index (χ4n) is 6.50. The van der Waals surface area contributed by atoms with Crippen LogP contribution in [0.1, 0.15) is 110 Å². The van der Waals surface area contributed by atoms with Crippen LogP contribution in [0.4, 0.5) is 10.6 Å². The number of benzene rings is 1. The van der Waals surface area contributed by atoms with Crippen LogP contribution in [-0.2, 0) is 36.9 Å². The predicted octanol–water partition coefficient (Wildman–Crippen LogP) is 3.36. The van der Waals surface area contributed by atoms with Crippen LogP contribution in [0, 0.1) is 18.8 Å². The van der Waals surface area contributed by atoms with Crippen LogP contribution >= 0.6 is 0 Å². The number of aryl methyl sites for hydroxylation is 1. The number of hydrogen-bond acceptors (Lipinski definition) is 10. The van der Waals surface area contributed by atoms with Crippen LogP contribution < -0.4 is 32.3 Å². The van der Waals surface area contributed by atoms with Crippen LogP contribution in [0.5, 0.6) is 0 Å². The highest BCUT2D eigenvalue weighted by Crippen LogP contribution is 2.28. The van der Waals surface area contributed by atoms with Crippen molar-refractivity contribution < 1.29 is 33.8 Å². The fourth-order valence-corrected chi connectivity index (χ4v) is 6.50. The highest BCUT2D eigenvalue weighted by molar-refractivity contribution is 5.91. The highest BCUT2D eigenvalue weighted by Gasteiger charge is 2.33. The SMILES string of the molecule is CC[C@H](C)[C@H](NC(=O)C[C@H](O)[C@H](CC1CCCCC1)NC(=O)[C@H](C)NC(=O)[C@H](Cc1ccccc1)NC(=O)OC(C)(C)C)C(=O)NCc1cnc(C)nc1N. The van der Waals surface area contributed by atoms with E-state index in [2.05, 4.69) is 36.6 Å². The number of aromatic nitrogens is 2. The summed E-state index contributed by atoms with van der Waals surface area (Å²) >= 11 is 0. The Bertz CT molecular complexity index is 1580. The lowest BCUT2D eigenvalue weighted by molar-refractivity contribution is -0.132. The van der Waals surface area contributed by atoms with E-state index in [4.69, 9.17) is 10.5 Å². The number of aliphatic hydroxyl groups is 1. The Labute approximate surface area is 325 Å². The van der Waals surface area contributed by atoms with E-state index < -0.39 is 65.6 Å². The summed E-state index contributed by atoms with van der Waals surface area (Å²) in [6, 6.07) is 5.36. The van der Waals surface area contributed by atoms with Crippen molar-refractivity contribution in [1.82, 2.24) is 36.6 Å². The van der Waals surface area contributed by atoms with Crippen molar-refractivity contribution in [3.63, 3.8) is 0 Å². The average molecular weight is 767 g/mol. The molecule has 0 aliphatic heterocycles. The first-order chi connectivity index (χ1) is 25.9. The molecule has 1 aliphatic rings. The van der Waals surface area contributed by atoms with E-state index in [-0.39, 0.29) is 37.0 Å². The highest BCUT2D eigenvalue weighted by atomic mass is 16.6. The molecule has 3 rings (SSSR count). The van der Waals surface area contributed by atoms with Gasteiger partial charge >= 0.3 is 6.09 Å². The van der Waals surface area contributed by atoms with Gasteiger partial charge in [0.15, 0.2) is 0 Å². The van der Waals surface area contributed by atoms with Crippen LogP contribution in [0.2, 0.25) is 0 Å². The molecule has 1 aromatic heterocycles. The molecule has 6 atom stereocenters. The quantitative estimate of drug-likeness (QED) is 0.117. The number of nitrogens with zero attached hydrogens (tertiary/aromatic N) is 2. The van der Waals surface area contributed by atoms with Gasteiger partial charge in [-0.2, -0.15) is 0 Å². The molecule has 0 radical (unpaired) electrons. The van der Waals surface area contributed by atoms with Gasteiger partial charge in [0.05, 0.1) is 18.6 Å². The van der Waals surface area contributed by atoms with E-state index in [0.29, 0.717) is 24.2 Å². The Hall–Kier alpha value is -4.79. The summed E-state index contributed by atoms with van der Waals surface area (Å²) in [5, 5.41) is 25.3. The number of hydrogen-bond donors (Lipinski definition) is 7. The molecule has 55 heavy (non-hydrogen) atoms. The number of carbonyl (C=O) groups excluding carboxylic acids is 5. The van der Waals surface area contributed by atoms with Crippen molar-refractivity contribution >= 4 is 35.5 Å². The smallest absolute Gasteiger partial charge is 0.408 e. The standard InChI is InChI=1S/C40H62N8O7/c1-8-24(2)34(38(53)43-23-29-22-42-26(4)45-35(29)41)48-33(50)21-32(49)30(19-27-15-11-9-12-16-27)46-36(51)25(3)44-37(52)31(20-28-17-13-10-14-18-28)47-39(54)55-40(5,6)7/h10,13-14,17-18,22,24-25,27,30-32,34,49H,8-9,11-12,15-16,19-21,23H2,1-7H3,(H,43,53)(H,44,52)(H,46,51)(H,47,54)(H,48,50)(H2,41,42,45)/t24-,25-,30-,31-,32-,34-/m0/s1. The molecule has 15 nitrogen and oxygen atoms in total. The lowest BCUT2D eigenvalue weighted by Gasteiger charge is -2.31. The number of aliphatic hydroxyl groups excluding tert-OH is 1. The second-order valence-electron chi connectivity index (χ2n) is 15.7. The summed E-state index contributed by atoms with van der Waals surface area (Å²) in [5.74, 6) is -1.35. The zero-order chi connectivity index (χ0) is 40.7. The van der Waals surface area contributed by atoms with Gasteiger partial charge in [0, 0.05) is 24.7 Å². The monoisotopic (exact) mass is 766 g/mol. The Morgan fingerprint density at radius 2 is 1.62 bits per heavy atom. The van der Waals surface area contributed by atoms with Crippen LogP contribution in [0.25, 0.3) is 0 Å². The van der Waals surface area contributed by atoms with Gasteiger partial charge in [-0.1, -0.05) is 82.7 Å². The lowest BCUT2D eigenvalue weighted by atomic mass is 9.83. The molecule has 1 fully saturated rings. The maximum atomic E-state index is 13.6. The zero-order valence-electron chi connectivity index (χ0n) is 33.4. The van der Waals surface area contributed by atoms with Gasteiger partial charge in [0.1, 0.15) is 35.4 Å². The van der Waals surface area contributed by atoms with Crippen molar-refractivity contribution in [2.75, 3.05) is 5.73 Å². The molecule has 5 amide bonds. The summed E-state index contributed by atoms with van der Waals surface area (Å²) in [5.41, 5.74) is 6.53. The third-order valence-corrected chi connectivity index (χ3v) is 9.82. The first-order valence-electron chi connectivity index (χ1n) is 19.4. The topological polar surface area (TPSA) is 227 Å². The molecule has 1 heterocycles. The average Bonchev–Trinajstić information content (AvgIpc) is 3.12. The van der Waals surface area contributed by atoms with Gasteiger partial charge in [-0.3, -0.25) is 19.2 Å². The number of ether oxygens (including phenoxy) is 1. The number of alkyl carbamates (subject to hydrolysis) is 1. The molecule has 1 aromatic carbocycles. The van der Waals surface area contributed by atoms with Gasteiger partial charge in [0.2, 0.25) is 23.6 Å². The molecular weight excluding hydrogens is 704 g/mol. The van der Waals surface area contributed by atoms with Crippen molar-refractivity contribution in [3.8, 4) is 0 Å². The Morgan fingerprint density at radius 1 is 0.945 bits per heavy atom. The van der Waals surface area contributed by atoms with E-state index in [1.54, 1.807) is 33.9 Å². The maximum Gasteiger partial charge on any atom is 0.408 e. The molecule has 0 unspecified atom stereocenters. The minimum atomic E-state index is -1.28. The number of amides is 5. The minimum Gasteiger partial charge on any atom is -0.444 e. The maximum absolute atomic E-state index is 13.6. The van der Waals surface area contributed by atoms with Crippen LogP contribution in [0.3, 0.4) is 0 Å². The molecule has 0 bridgehead atoms. The van der Waals surface area contributed by atoms with Gasteiger partial charge in [-0.25, -0.2) is 14.8 Å². The number of nitrogen functional groups attached to an aromatic ring is 1. The van der Waals surface area contributed by atoms with Crippen LogP contribution in [0.15, 0.2) is 36.5 Å². The Balaban J connectivity index is 1.69. The second kappa shape index (κ2) is 21.3. The predicted molar refractivity (Wildman–Crippen MR) is 209 cm³/mol. The molecule has 0 saturated heterocycles. The number of nitrogens with two attached hydrogens (primary N) is 1. The number of rotatable bonds is 18. The molecule has 0 spiro atoms. The normalized spacial score (nSPS) is 16.7. The summed E-state index contributed by atoms with van der Waals surface area (Å²) in [6.07, 6.45) is 5.37. The summed E-state index contributed by atoms with van der Waals surface area (Å²) in [6.45, 7) is 12.2. The molecule has 2 aromatic rings. The van der Waals surface area contributed by atoms with Gasteiger partial charge in [-0.15, -0.1) is 0 Å². The number of anilines is 1. The molecule has 1 saturated carbocycles. The Kier molecular flexibility index (Phi) is 17.3. The van der Waals surface area contributed by atoms with E-state index >= 15 is 0 Å². The van der Waals surface area contributed by atoms with E-state index in [0.717, 1.165) is 37.7 Å². The lowest BCUT2D eigenvalue weighted by Crippen LogP contribution is -2.56. The molecule has 8 N–H and O–H groups in total. The first-order valence-corrected chi connectivity index (χ1v) is 19.4.